The first-order chi connectivity index (χ1) is 9.74. The Labute approximate surface area is 118 Å². The van der Waals surface area contributed by atoms with Gasteiger partial charge in [-0.05, 0) is 50.6 Å². The highest BCUT2D eigenvalue weighted by Crippen LogP contribution is 2.11. The highest BCUT2D eigenvalue weighted by atomic mass is 16.5. The van der Waals surface area contributed by atoms with Crippen LogP contribution in [0.3, 0.4) is 0 Å². The smallest absolute Gasteiger partial charge is 0.328 e. The van der Waals surface area contributed by atoms with Crippen LogP contribution in [0.15, 0.2) is 24.4 Å². The van der Waals surface area contributed by atoms with Crippen LogP contribution in [0.4, 0.5) is 0 Å². The van der Waals surface area contributed by atoms with Crippen molar-refractivity contribution in [3.05, 3.63) is 30.1 Å². The number of aliphatic carboxylic acids is 1. The van der Waals surface area contributed by atoms with Gasteiger partial charge in [-0.15, -0.1) is 0 Å². The van der Waals surface area contributed by atoms with E-state index in [1.807, 2.05) is 6.07 Å². The van der Waals surface area contributed by atoms with E-state index in [0.29, 0.717) is 12.3 Å². The number of carbonyl (C=O) groups is 1. The molecule has 0 aliphatic carbocycles. The first kappa shape index (κ1) is 14.5. The van der Waals surface area contributed by atoms with E-state index in [4.69, 9.17) is 9.84 Å². The zero-order chi connectivity index (χ0) is 14.2. The number of hydrogen-bond donors (Lipinski definition) is 1. The number of pyridine rings is 1. The van der Waals surface area contributed by atoms with Crippen LogP contribution in [-0.2, 0) is 4.79 Å². The second-order valence-electron chi connectivity index (χ2n) is 4.84. The first-order valence-electron chi connectivity index (χ1n) is 6.96. The van der Waals surface area contributed by atoms with Crippen molar-refractivity contribution in [3.8, 4) is 5.75 Å². The minimum atomic E-state index is -0.978. The SMILES string of the molecule is O=C(O)C=Cc1ccc(OCCCN2CCCC2)cn1. The number of rotatable bonds is 7. The monoisotopic (exact) mass is 276 g/mol. The number of nitrogens with zero attached hydrogens (tertiary/aromatic N) is 2. The molecule has 1 aromatic rings. The summed E-state index contributed by atoms with van der Waals surface area (Å²) in [7, 11) is 0. The van der Waals surface area contributed by atoms with Crippen LogP contribution in [0, 0.1) is 0 Å². The summed E-state index contributed by atoms with van der Waals surface area (Å²) in [5, 5.41) is 8.52. The van der Waals surface area contributed by atoms with Gasteiger partial charge in [0.15, 0.2) is 0 Å². The van der Waals surface area contributed by atoms with Gasteiger partial charge in [-0.3, -0.25) is 4.98 Å². The van der Waals surface area contributed by atoms with E-state index >= 15 is 0 Å². The highest BCUT2D eigenvalue weighted by molar-refractivity contribution is 5.84. The molecule has 2 rings (SSSR count). The molecule has 0 aromatic carbocycles. The molecule has 0 saturated carbocycles. The summed E-state index contributed by atoms with van der Waals surface area (Å²) in [4.78, 5) is 17.0. The van der Waals surface area contributed by atoms with Gasteiger partial charge in [0.25, 0.3) is 0 Å². The minimum Gasteiger partial charge on any atom is -0.492 e. The lowest BCUT2D eigenvalue weighted by Gasteiger charge is -2.14. The number of carboxylic acid groups (broad SMARTS) is 1. The van der Waals surface area contributed by atoms with Gasteiger partial charge in [0, 0.05) is 12.6 Å². The van der Waals surface area contributed by atoms with E-state index in [0.717, 1.165) is 24.8 Å². The minimum absolute atomic E-state index is 0.608. The topological polar surface area (TPSA) is 62.7 Å². The van der Waals surface area contributed by atoms with E-state index in [1.165, 1.54) is 32.0 Å². The third kappa shape index (κ3) is 5.01. The fourth-order valence-corrected chi connectivity index (χ4v) is 2.22. The third-order valence-electron chi connectivity index (χ3n) is 3.24. The third-order valence-corrected chi connectivity index (χ3v) is 3.24. The van der Waals surface area contributed by atoms with Crippen molar-refractivity contribution < 1.29 is 14.6 Å². The molecule has 108 valence electrons. The van der Waals surface area contributed by atoms with Crippen LogP contribution in [-0.4, -0.2) is 47.2 Å². The standard InChI is InChI=1S/C15H20N2O3/c18-15(19)7-5-13-4-6-14(12-16-13)20-11-3-10-17-8-1-2-9-17/h4-7,12H,1-3,8-11H2,(H,18,19). The molecule has 1 fully saturated rings. The number of carboxylic acids is 1. The molecule has 2 heterocycles. The lowest BCUT2D eigenvalue weighted by atomic mass is 10.3. The van der Waals surface area contributed by atoms with Crippen LogP contribution >= 0.6 is 0 Å². The second kappa shape index (κ2) is 7.65. The summed E-state index contributed by atoms with van der Waals surface area (Å²) in [6.45, 7) is 4.20. The lowest BCUT2D eigenvalue weighted by molar-refractivity contribution is -0.131. The first-order valence-corrected chi connectivity index (χ1v) is 6.96. The predicted molar refractivity (Wildman–Crippen MR) is 76.7 cm³/mol. The summed E-state index contributed by atoms with van der Waals surface area (Å²) in [5.41, 5.74) is 0.608. The molecule has 5 nitrogen and oxygen atoms in total. The molecule has 1 aromatic heterocycles. The molecule has 0 atom stereocenters. The summed E-state index contributed by atoms with van der Waals surface area (Å²) >= 11 is 0. The van der Waals surface area contributed by atoms with Crippen LogP contribution in [0.25, 0.3) is 6.08 Å². The van der Waals surface area contributed by atoms with E-state index in [9.17, 15) is 4.79 Å². The zero-order valence-electron chi connectivity index (χ0n) is 11.5. The molecule has 20 heavy (non-hydrogen) atoms. The van der Waals surface area contributed by atoms with Gasteiger partial charge in [0.05, 0.1) is 18.5 Å². The van der Waals surface area contributed by atoms with Gasteiger partial charge >= 0.3 is 5.97 Å². The second-order valence-corrected chi connectivity index (χ2v) is 4.84. The molecule has 0 amide bonds. The van der Waals surface area contributed by atoms with Gasteiger partial charge in [0.1, 0.15) is 5.75 Å². The molecule has 1 N–H and O–H groups in total. The molecule has 1 saturated heterocycles. The Kier molecular flexibility index (Phi) is 5.55. The summed E-state index contributed by atoms with van der Waals surface area (Å²) in [6, 6.07) is 3.56. The summed E-state index contributed by atoms with van der Waals surface area (Å²) < 4.78 is 5.62. The van der Waals surface area contributed by atoms with Gasteiger partial charge < -0.3 is 14.7 Å². The molecular formula is C15H20N2O3. The maximum Gasteiger partial charge on any atom is 0.328 e. The fraction of sp³-hybridized carbons (Fsp3) is 0.467. The molecule has 1 aliphatic rings. The Hall–Kier alpha value is -1.88. The average Bonchev–Trinajstić information content (AvgIpc) is 2.96. The van der Waals surface area contributed by atoms with Crippen molar-refractivity contribution >= 4 is 12.0 Å². The molecular weight excluding hydrogens is 256 g/mol. The van der Waals surface area contributed by atoms with Crippen molar-refractivity contribution in [2.75, 3.05) is 26.2 Å². The maximum atomic E-state index is 10.4. The Morgan fingerprint density at radius 1 is 1.40 bits per heavy atom. The van der Waals surface area contributed by atoms with Crippen LogP contribution < -0.4 is 4.74 Å². The van der Waals surface area contributed by atoms with E-state index in [1.54, 1.807) is 12.3 Å². The van der Waals surface area contributed by atoms with Crippen molar-refractivity contribution in [1.29, 1.82) is 0 Å². The van der Waals surface area contributed by atoms with Crippen molar-refractivity contribution in [2.24, 2.45) is 0 Å². The molecule has 0 unspecified atom stereocenters. The summed E-state index contributed by atoms with van der Waals surface area (Å²) in [5.74, 6) is -0.257. The summed E-state index contributed by atoms with van der Waals surface area (Å²) in [6.07, 6.45) is 7.79. The van der Waals surface area contributed by atoms with Crippen LogP contribution in [0.1, 0.15) is 25.0 Å². The van der Waals surface area contributed by atoms with Crippen LogP contribution in [0.2, 0.25) is 0 Å². The van der Waals surface area contributed by atoms with Crippen molar-refractivity contribution in [2.45, 2.75) is 19.3 Å². The van der Waals surface area contributed by atoms with Gasteiger partial charge in [-0.25, -0.2) is 4.79 Å². The maximum absolute atomic E-state index is 10.4. The van der Waals surface area contributed by atoms with Crippen LogP contribution in [0.5, 0.6) is 5.75 Å². The van der Waals surface area contributed by atoms with Gasteiger partial charge in [0.2, 0.25) is 0 Å². The van der Waals surface area contributed by atoms with Gasteiger partial charge in [-0.1, -0.05) is 0 Å². The van der Waals surface area contributed by atoms with Crippen molar-refractivity contribution in [3.63, 3.8) is 0 Å². The lowest BCUT2D eigenvalue weighted by Crippen LogP contribution is -2.21. The number of ether oxygens (including phenoxy) is 1. The Bertz CT molecular complexity index is 451. The Morgan fingerprint density at radius 2 is 2.20 bits per heavy atom. The molecule has 0 bridgehead atoms. The van der Waals surface area contributed by atoms with Crippen molar-refractivity contribution in [1.82, 2.24) is 9.88 Å². The van der Waals surface area contributed by atoms with E-state index < -0.39 is 5.97 Å². The largest absolute Gasteiger partial charge is 0.492 e. The van der Waals surface area contributed by atoms with E-state index in [-0.39, 0.29) is 0 Å². The zero-order valence-corrected chi connectivity index (χ0v) is 11.5. The normalized spacial score (nSPS) is 15.8. The molecule has 0 radical (unpaired) electrons. The molecule has 1 aliphatic heterocycles. The number of likely N-dealkylation sites (tertiary alicyclic amines) is 1. The Morgan fingerprint density at radius 3 is 2.85 bits per heavy atom. The fourth-order valence-electron chi connectivity index (χ4n) is 2.22. The predicted octanol–water partition coefficient (Wildman–Crippen LogP) is 2.04. The Balaban J connectivity index is 1.69. The van der Waals surface area contributed by atoms with E-state index in [2.05, 4.69) is 9.88 Å². The average molecular weight is 276 g/mol. The quantitative estimate of drug-likeness (QED) is 0.610. The molecule has 0 spiro atoms. The number of hydrogen-bond acceptors (Lipinski definition) is 4. The van der Waals surface area contributed by atoms with Gasteiger partial charge in [-0.2, -0.15) is 0 Å². The highest BCUT2D eigenvalue weighted by Gasteiger charge is 2.10. The molecule has 5 heteroatoms. The number of aromatic nitrogens is 1.